The van der Waals surface area contributed by atoms with Crippen LogP contribution in [0.2, 0.25) is 10.0 Å². The number of para-hydroxylation sites is 1. The van der Waals surface area contributed by atoms with Gasteiger partial charge in [-0.25, -0.2) is 4.98 Å². The van der Waals surface area contributed by atoms with Crippen molar-refractivity contribution in [2.24, 2.45) is 0 Å². The number of anilines is 5. The summed E-state index contributed by atoms with van der Waals surface area (Å²) in [6, 6.07) is 13.4. The Morgan fingerprint density at radius 3 is 2.44 bits per heavy atom. The predicted molar refractivity (Wildman–Crippen MR) is 138 cm³/mol. The van der Waals surface area contributed by atoms with Crippen molar-refractivity contribution in [3.05, 3.63) is 64.3 Å². The van der Waals surface area contributed by atoms with Gasteiger partial charge in [0, 0.05) is 50.3 Å². The molecule has 1 saturated heterocycles. The van der Waals surface area contributed by atoms with Crippen LogP contribution >= 0.6 is 23.2 Å². The van der Waals surface area contributed by atoms with E-state index in [-0.39, 0.29) is 5.91 Å². The van der Waals surface area contributed by atoms with Crippen LogP contribution < -0.4 is 25.3 Å². The maximum atomic E-state index is 13.3. The van der Waals surface area contributed by atoms with Crippen LogP contribution in [0.25, 0.3) is 0 Å². The molecule has 0 unspecified atom stereocenters. The molecule has 5 rings (SSSR count). The Bertz CT molecular complexity index is 1180. The first kappa shape index (κ1) is 22.7. The van der Waals surface area contributed by atoms with Gasteiger partial charge in [0.2, 0.25) is 5.95 Å². The Balaban J connectivity index is 1.38. The number of carbonyl (C=O) groups excluding carboxylic acids is 1. The second-order valence-corrected chi connectivity index (χ2v) is 8.96. The number of fused-ring (bicyclic) bond motifs is 1. The fraction of sp³-hybridized carbons (Fsp3) is 0.292. The summed E-state index contributed by atoms with van der Waals surface area (Å²) < 4.78 is 0. The third kappa shape index (κ3) is 4.36. The normalized spacial score (nSPS) is 16.0. The number of aromatic nitrogens is 2. The molecule has 2 aromatic carbocycles. The van der Waals surface area contributed by atoms with Gasteiger partial charge in [-0.3, -0.25) is 9.69 Å². The molecule has 2 aliphatic heterocycles. The van der Waals surface area contributed by atoms with Crippen LogP contribution in [0.1, 0.15) is 17.3 Å². The maximum Gasteiger partial charge on any atom is 0.265 e. The minimum Gasteiger partial charge on any atom is -0.369 e. The number of amides is 1. The van der Waals surface area contributed by atoms with Crippen LogP contribution in [0.4, 0.5) is 28.8 Å². The highest BCUT2D eigenvalue weighted by atomic mass is 35.5. The number of halogens is 2. The van der Waals surface area contributed by atoms with Gasteiger partial charge in [0.05, 0.1) is 22.4 Å². The van der Waals surface area contributed by atoms with E-state index in [0.29, 0.717) is 46.3 Å². The van der Waals surface area contributed by atoms with Gasteiger partial charge in [-0.05, 0) is 43.3 Å². The van der Waals surface area contributed by atoms with Crippen LogP contribution in [-0.4, -0.2) is 55.3 Å². The van der Waals surface area contributed by atoms with Gasteiger partial charge in [-0.1, -0.05) is 29.3 Å². The number of rotatable bonds is 5. The maximum absolute atomic E-state index is 13.3. The van der Waals surface area contributed by atoms with E-state index in [2.05, 4.69) is 37.6 Å². The lowest BCUT2D eigenvalue weighted by molar-refractivity contribution is 0.0981. The molecule has 0 atom stereocenters. The molecule has 0 bridgehead atoms. The highest BCUT2D eigenvalue weighted by Crippen LogP contribution is 2.38. The molecule has 1 fully saturated rings. The minimum absolute atomic E-state index is 0.235. The van der Waals surface area contributed by atoms with Crippen LogP contribution in [0, 0.1) is 0 Å². The van der Waals surface area contributed by atoms with E-state index in [0.717, 1.165) is 31.9 Å². The first-order valence-electron chi connectivity index (χ1n) is 11.3. The van der Waals surface area contributed by atoms with Gasteiger partial charge in [-0.2, -0.15) is 4.98 Å². The summed E-state index contributed by atoms with van der Waals surface area (Å²) in [7, 11) is 0. The monoisotopic (exact) mass is 497 g/mol. The van der Waals surface area contributed by atoms with Crippen molar-refractivity contribution >= 4 is 57.9 Å². The molecule has 2 aliphatic rings. The summed E-state index contributed by atoms with van der Waals surface area (Å²) in [5.74, 6) is 0.785. The summed E-state index contributed by atoms with van der Waals surface area (Å²) in [4.78, 5) is 28.3. The number of nitrogens with one attached hydrogen (secondary N) is 2. The van der Waals surface area contributed by atoms with E-state index >= 15 is 0 Å². The van der Waals surface area contributed by atoms with Crippen molar-refractivity contribution in [1.82, 2.24) is 15.3 Å². The first-order chi connectivity index (χ1) is 16.5. The Hall–Kier alpha value is -3.07. The SMILES string of the molecule is CCN1CN(c2c(Cl)cccc2Cl)C(=O)c2cnc(Nc3ccc(N4CCNCC4)cc3)nc21. The standard InChI is InChI=1S/C24H25Cl2N7O/c1-2-31-15-33(21-19(25)4-3-5-20(21)26)23(34)18-14-28-24(30-22(18)31)29-16-6-8-17(9-7-16)32-12-10-27-11-13-32/h3-9,14,27H,2,10-13,15H2,1H3,(H,28,29,30). The van der Waals surface area contributed by atoms with Crippen molar-refractivity contribution in [2.75, 3.05) is 59.4 Å². The van der Waals surface area contributed by atoms with E-state index in [9.17, 15) is 4.79 Å². The Morgan fingerprint density at radius 2 is 1.76 bits per heavy atom. The molecule has 0 radical (unpaired) electrons. The number of hydrogen-bond acceptors (Lipinski definition) is 7. The molecule has 8 nitrogen and oxygen atoms in total. The molecular formula is C24H25Cl2N7O. The second-order valence-electron chi connectivity index (χ2n) is 8.14. The lowest BCUT2D eigenvalue weighted by atomic mass is 10.1. The van der Waals surface area contributed by atoms with Crippen molar-refractivity contribution in [2.45, 2.75) is 6.92 Å². The average molecular weight is 498 g/mol. The molecule has 1 aromatic heterocycles. The topological polar surface area (TPSA) is 76.6 Å². The highest BCUT2D eigenvalue weighted by Gasteiger charge is 2.33. The smallest absolute Gasteiger partial charge is 0.265 e. The number of benzene rings is 2. The van der Waals surface area contributed by atoms with Crippen molar-refractivity contribution in [1.29, 1.82) is 0 Å². The lowest BCUT2D eigenvalue weighted by Crippen LogP contribution is -2.47. The summed E-state index contributed by atoms with van der Waals surface area (Å²) >= 11 is 12.8. The third-order valence-corrected chi connectivity index (χ3v) is 6.66. The molecular weight excluding hydrogens is 473 g/mol. The zero-order valence-corrected chi connectivity index (χ0v) is 20.3. The lowest BCUT2D eigenvalue weighted by Gasteiger charge is -2.37. The summed E-state index contributed by atoms with van der Waals surface area (Å²) in [5.41, 5.74) is 2.98. The van der Waals surface area contributed by atoms with Crippen molar-refractivity contribution < 1.29 is 4.79 Å². The molecule has 0 saturated carbocycles. The molecule has 176 valence electrons. The van der Waals surface area contributed by atoms with E-state index in [4.69, 9.17) is 23.2 Å². The summed E-state index contributed by atoms with van der Waals surface area (Å²) in [5, 5.41) is 7.47. The van der Waals surface area contributed by atoms with Gasteiger partial charge in [0.1, 0.15) is 11.4 Å². The van der Waals surface area contributed by atoms with Gasteiger partial charge in [0.25, 0.3) is 5.91 Å². The summed E-state index contributed by atoms with van der Waals surface area (Å²) in [6.07, 6.45) is 1.56. The van der Waals surface area contributed by atoms with Gasteiger partial charge >= 0.3 is 0 Å². The van der Waals surface area contributed by atoms with Crippen LogP contribution in [0.15, 0.2) is 48.7 Å². The molecule has 3 heterocycles. The Labute approximate surface area is 208 Å². The van der Waals surface area contributed by atoms with Crippen LogP contribution in [0.5, 0.6) is 0 Å². The summed E-state index contributed by atoms with van der Waals surface area (Å²) in [6.45, 7) is 6.94. The van der Waals surface area contributed by atoms with E-state index in [1.54, 1.807) is 29.3 Å². The van der Waals surface area contributed by atoms with Crippen molar-refractivity contribution in [3.63, 3.8) is 0 Å². The predicted octanol–water partition coefficient (Wildman–Crippen LogP) is 4.38. The first-order valence-corrected chi connectivity index (χ1v) is 12.0. The molecule has 10 heteroatoms. The van der Waals surface area contributed by atoms with Crippen molar-refractivity contribution in [3.8, 4) is 0 Å². The number of hydrogen-bond donors (Lipinski definition) is 2. The molecule has 2 N–H and O–H groups in total. The minimum atomic E-state index is -0.235. The average Bonchev–Trinajstić information content (AvgIpc) is 2.86. The largest absolute Gasteiger partial charge is 0.369 e. The number of piperazine rings is 1. The zero-order chi connectivity index (χ0) is 23.7. The molecule has 3 aromatic rings. The van der Waals surface area contributed by atoms with Gasteiger partial charge < -0.3 is 20.4 Å². The van der Waals surface area contributed by atoms with Crippen LogP contribution in [0.3, 0.4) is 0 Å². The zero-order valence-electron chi connectivity index (χ0n) is 18.8. The van der Waals surface area contributed by atoms with E-state index in [1.165, 1.54) is 5.69 Å². The van der Waals surface area contributed by atoms with E-state index in [1.807, 2.05) is 24.0 Å². The van der Waals surface area contributed by atoms with Gasteiger partial charge in [-0.15, -0.1) is 0 Å². The number of nitrogens with zero attached hydrogens (tertiary/aromatic N) is 5. The molecule has 0 aliphatic carbocycles. The third-order valence-electron chi connectivity index (χ3n) is 6.05. The Kier molecular flexibility index (Phi) is 6.45. The quantitative estimate of drug-likeness (QED) is 0.541. The fourth-order valence-electron chi connectivity index (χ4n) is 4.25. The molecule has 0 spiro atoms. The second kappa shape index (κ2) is 9.66. The highest BCUT2D eigenvalue weighted by molar-refractivity contribution is 6.40. The van der Waals surface area contributed by atoms with E-state index < -0.39 is 0 Å². The molecule has 34 heavy (non-hydrogen) atoms. The fourth-order valence-corrected chi connectivity index (χ4v) is 4.85. The van der Waals surface area contributed by atoms with Crippen LogP contribution in [-0.2, 0) is 0 Å². The molecule has 1 amide bonds. The number of carbonyl (C=O) groups is 1. The Morgan fingerprint density at radius 1 is 1.06 bits per heavy atom. The van der Waals surface area contributed by atoms with Gasteiger partial charge in [0.15, 0.2) is 0 Å².